The van der Waals surface area contributed by atoms with Crippen molar-refractivity contribution in [2.45, 2.75) is 26.4 Å². The molecule has 0 spiro atoms. The number of nitrogens with one attached hydrogen (secondary N) is 1. The quantitative estimate of drug-likeness (QED) is 0.914. The Kier molecular flexibility index (Phi) is 4.45. The Hall–Kier alpha value is -1.52. The predicted molar refractivity (Wildman–Crippen MR) is 77.1 cm³/mol. The highest BCUT2D eigenvalue weighted by Gasteiger charge is 2.06. The van der Waals surface area contributed by atoms with Gasteiger partial charge in [-0.15, -0.1) is 0 Å². The standard InChI is InChI=1S/C14H18ClN3O/c1-10(2)16-9-11-6-7-18(17-11)12-4-5-13(15)14(8-12)19-3/h4-8,10,16H,9H2,1-3H3. The molecule has 0 radical (unpaired) electrons. The van der Waals surface area contributed by atoms with Crippen LogP contribution in [-0.4, -0.2) is 22.9 Å². The number of benzene rings is 1. The molecule has 5 heteroatoms. The molecule has 2 rings (SSSR count). The lowest BCUT2D eigenvalue weighted by atomic mass is 10.3. The second-order valence-corrected chi connectivity index (χ2v) is 5.01. The molecule has 0 bridgehead atoms. The highest BCUT2D eigenvalue weighted by atomic mass is 35.5. The maximum atomic E-state index is 6.01. The van der Waals surface area contributed by atoms with Gasteiger partial charge in [-0.3, -0.25) is 0 Å². The number of ether oxygens (including phenoxy) is 1. The van der Waals surface area contributed by atoms with Crippen LogP contribution in [0.3, 0.4) is 0 Å². The number of nitrogens with zero attached hydrogens (tertiary/aromatic N) is 2. The van der Waals surface area contributed by atoms with E-state index in [-0.39, 0.29) is 0 Å². The molecule has 0 unspecified atom stereocenters. The molecule has 102 valence electrons. The second-order valence-electron chi connectivity index (χ2n) is 4.61. The van der Waals surface area contributed by atoms with Gasteiger partial charge in [0.2, 0.25) is 0 Å². The Morgan fingerprint density at radius 1 is 1.37 bits per heavy atom. The molecule has 2 aromatic rings. The van der Waals surface area contributed by atoms with Gasteiger partial charge in [-0.05, 0) is 18.2 Å². The summed E-state index contributed by atoms with van der Waals surface area (Å²) in [6, 6.07) is 8.03. The maximum Gasteiger partial charge on any atom is 0.139 e. The third-order valence-electron chi connectivity index (χ3n) is 2.73. The molecule has 0 aliphatic carbocycles. The van der Waals surface area contributed by atoms with Gasteiger partial charge in [0.05, 0.1) is 23.5 Å². The first-order chi connectivity index (χ1) is 9.10. The number of rotatable bonds is 5. The molecule has 0 atom stereocenters. The van der Waals surface area contributed by atoms with Crippen molar-refractivity contribution >= 4 is 11.6 Å². The first-order valence-corrected chi connectivity index (χ1v) is 6.60. The Morgan fingerprint density at radius 3 is 2.84 bits per heavy atom. The minimum atomic E-state index is 0.445. The van der Waals surface area contributed by atoms with E-state index in [0.29, 0.717) is 16.8 Å². The molecule has 0 saturated heterocycles. The van der Waals surface area contributed by atoms with Crippen LogP contribution in [0.4, 0.5) is 0 Å². The summed E-state index contributed by atoms with van der Waals surface area (Å²) in [5.41, 5.74) is 1.93. The lowest BCUT2D eigenvalue weighted by molar-refractivity contribution is 0.414. The summed E-state index contributed by atoms with van der Waals surface area (Å²) >= 11 is 6.01. The van der Waals surface area contributed by atoms with Crippen LogP contribution >= 0.6 is 11.6 Å². The fourth-order valence-electron chi connectivity index (χ4n) is 1.70. The minimum absolute atomic E-state index is 0.445. The zero-order valence-corrected chi connectivity index (χ0v) is 12.1. The van der Waals surface area contributed by atoms with Crippen molar-refractivity contribution in [3.63, 3.8) is 0 Å². The van der Waals surface area contributed by atoms with Crippen molar-refractivity contribution < 1.29 is 4.74 Å². The van der Waals surface area contributed by atoms with Gasteiger partial charge in [-0.25, -0.2) is 4.68 Å². The van der Waals surface area contributed by atoms with Gasteiger partial charge >= 0.3 is 0 Å². The molecule has 0 saturated carbocycles. The minimum Gasteiger partial charge on any atom is -0.495 e. The monoisotopic (exact) mass is 279 g/mol. The third kappa shape index (κ3) is 3.49. The first kappa shape index (κ1) is 13.9. The van der Waals surface area contributed by atoms with E-state index in [0.717, 1.165) is 17.9 Å². The average Bonchev–Trinajstić information content (AvgIpc) is 2.86. The van der Waals surface area contributed by atoms with E-state index in [9.17, 15) is 0 Å². The van der Waals surface area contributed by atoms with Crippen LogP contribution in [0.5, 0.6) is 5.75 Å². The van der Waals surface area contributed by atoms with Crippen LogP contribution in [-0.2, 0) is 6.54 Å². The van der Waals surface area contributed by atoms with E-state index in [1.807, 2.05) is 35.1 Å². The highest BCUT2D eigenvalue weighted by molar-refractivity contribution is 6.32. The van der Waals surface area contributed by atoms with E-state index in [4.69, 9.17) is 16.3 Å². The number of methoxy groups -OCH3 is 1. The van der Waals surface area contributed by atoms with E-state index >= 15 is 0 Å². The molecule has 1 heterocycles. The molecule has 4 nitrogen and oxygen atoms in total. The normalized spacial score (nSPS) is 11.0. The summed E-state index contributed by atoms with van der Waals surface area (Å²) in [7, 11) is 1.60. The van der Waals surface area contributed by atoms with E-state index < -0.39 is 0 Å². The highest BCUT2D eigenvalue weighted by Crippen LogP contribution is 2.26. The number of hydrogen-bond acceptors (Lipinski definition) is 3. The summed E-state index contributed by atoms with van der Waals surface area (Å²) < 4.78 is 7.02. The van der Waals surface area contributed by atoms with Gasteiger partial charge in [0, 0.05) is 24.8 Å². The van der Waals surface area contributed by atoms with Gasteiger partial charge in [-0.1, -0.05) is 25.4 Å². The summed E-state index contributed by atoms with van der Waals surface area (Å²) in [5.74, 6) is 0.650. The lowest BCUT2D eigenvalue weighted by Crippen LogP contribution is -2.22. The SMILES string of the molecule is COc1cc(-n2ccc(CNC(C)C)n2)ccc1Cl. The van der Waals surface area contributed by atoms with Crippen LogP contribution in [0.15, 0.2) is 30.5 Å². The molecule has 1 aromatic heterocycles. The fraction of sp³-hybridized carbons (Fsp3) is 0.357. The largest absolute Gasteiger partial charge is 0.495 e. The summed E-state index contributed by atoms with van der Waals surface area (Å²) in [4.78, 5) is 0. The molecule has 1 aromatic carbocycles. The Labute approximate surface area is 118 Å². The summed E-state index contributed by atoms with van der Waals surface area (Å²) in [6.07, 6.45) is 1.93. The number of aromatic nitrogens is 2. The summed E-state index contributed by atoms with van der Waals surface area (Å²) in [5, 5.41) is 8.45. The van der Waals surface area contributed by atoms with E-state index in [1.165, 1.54) is 0 Å². The molecular weight excluding hydrogens is 262 g/mol. The lowest BCUT2D eigenvalue weighted by Gasteiger charge is -2.07. The Balaban J connectivity index is 2.18. The maximum absolute atomic E-state index is 6.01. The number of hydrogen-bond donors (Lipinski definition) is 1. The molecule has 0 aliphatic rings. The molecule has 0 aliphatic heterocycles. The Morgan fingerprint density at radius 2 is 2.16 bits per heavy atom. The topological polar surface area (TPSA) is 39.1 Å². The molecular formula is C14H18ClN3O. The van der Waals surface area contributed by atoms with Crippen LogP contribution in [0.2, 0.25) is 5.02 Å². The zero-order chi connectivity index (χ0) is 13.8. The molecule has 0 fully saturated rings. The molecule has 1 N–H and O–H groups in total. The number of halogens is 1. The smallest absolute Gasteiger partial charge is 0.139 e. The van der Waals surface area contributed by atoms with Crippen molar-refractivity contribution in [3.05, 3.63) is 41.2 Å². The zero-order valence-electron chi connectivity index (χ0n) is 11.4. The third-order valence-corrected chi connectivity index (χ3v) is 3.05. The fourth-order valence-corrected chi connectivity index (χ4v) is 1.89. The van der Waals surface area contributed by atoms with E-state index in [2.05, 4.69) is 24.3 Å². The van der Waals surface area contributed by atoms with Crippen molar-refractivity contribution in [1.29, 1.82) is 0 Å². The van der Waals surface area contributed by atoms with Gasteiger partial charge < -0.3 is 10.1 Å². The predicted octanol–water partition coefficient (Wildman–Crippen LogP) is 3.03. The van der Waals surface area contributed by atoms with Gasteiger partial charge in [0.1, 0.15) is 5.75 Å². The van der Waals surface area contributed by atoms with Crippen molar-refractivity contribution in [3.8, 4) is 11.4 Å². The van der Waals surface area contributed by atoms with Gasteiger partial charge in [-0.2, -0.15) is 5.10 Å². The van der Waals surface area contributed by atoms with Crippen LogP contribution < -0.4 is 10.1 Å². The first-order valence-electron chi connectivity index (χ1n) is 6.22. The second kappa shape index (κ2) is 6.08. The van der Waals surface area contributed by atoms with Crippen molar-refractivity contribution in [2.75, 3.05) is 7.11 Å². The van der Waals surface area contributed by atoms with E-state index in [1.54, 1.807) is 7.11 Å². The van der Waals surface area contributed by atoms with Crippen LogP contribution in [0.1, 0.15) is 19.5 Å². The molecule has 0 amide bonds. The van der Waals surface area contributed by atoms with Crippen LogP contribution in [0, 0.1) is 0 Å². The Bertz CT molecular complexity index is 551. The van der Waals surface area contributed by atoms with Gasteiger partial charge in [0.25, 0.3) is 0 Å². The van der Waals surface area contributed by atoms with Gasteiger partial charge in [0.15, 0.2) is 0 Å². The molecule has 19 heavy (non-hydrogen) atoms. The average molecular weight is 280 g/mol. The van der Waals surface area contributed by atoms with Crippen molar-refractivity contribution in [1.82, 2.24) is 15.1 Å². The summed E-state index contributed by atoms with van der Waals surface area (Å²) in [6.45, 7) is 4.98. The van der Waals surface area contributed by atoms with Crippen molar-refractivity contribution in [2.24, 2.45) is 0 Å². The van der Waals surface area contributed by atoms with Crippen LogP contribution in [0.25, 0.3) is 5.69 Å².